The smallest absolute Gasteiger partial charge is 0.116 e. The highest BCUT2D eigenvalue weighted by atomic mass is 32.2. The Labute approximate surface area is 113 Å². The van der Waals surface area contributed by atoms with Crippen LogP contribution in [0.15, 0.2) is 47.1 Å². The van der Waals surface area contributed by atoms with Gasteiger partial charge >= 0.3 is 0 Å². The van der Waals surface area contributed by atoms with Crippen molar-refractivity contribution >= 4 is 11.8 Å². The van der Waals surface area contributed by atoms with Crippen LogP contribution in [0.4, 0.5) is 0 Å². The fraction of sp³-hybridized carbons (Fsp3) is 0.333. The molecule has 1 aromatic carbocycles. The summed E-state index contributed by atoms with van der Waals surface area (Å²) in [6.07, 6.45) is 1.76. The quantitative estimate of drug-likeness (QED) is 0.771. The van der Waals surface area contributed by atoms with Crippen molar-refractivity contribution in [2.45, 2.75) is 19.2 Å². The summed E-state index contributed by atoms with van der Waals surface area (Å²) in [5.41, 5.74) is 2.59. The van der Waals surface area contributed by atoms with Crippen LogP contribution in [0.3, 0.4) is 0 Å². The Bertz CT molecular complexity index is 453. The third-order valence-electron chi connectivity index (χ3n) is 2.80. The van der Waals surface area contributed by atoms with Crippen molar-refractivity contribution in [2.75, 3.05) is 12.3 Å². The zero-order valence-corrected chi connectivity index (χ0v) is 11.5. The molecule has 18 heavy (non-hydrogen) atoms. The maximum atomic E-state index is 5.40. The summed E-state index contributed by atoms with van der Waals surface area (Å²) < 4.78 is 5.40. The first kappa shape index (κ1) is 13.2. The van der Waals surface area contributed by atoms with Crippen LogP contribution < -0.4 is 5.32 Å². The number of hydrogen-bond acceptors (Lipinski definition) is 3. The second-order valence-corrected chi connectivity index (χ2v) is 5.35. The molecule has 1 heterocycles. The number of hydrogen-bond donors (Lipinski definition) is 1. The van der Waals surface area contributed by atoms with Gasteiger partial charge in [-0.1, -0.05) is 30.3 Å². The number of nitrogens with one attached hydrogen (secondary N) is 1. The van der Waals surface area contributed by atoms with Crippen LogP contribution in [0.5, 0.6) is 0 Å². The van der Waals surface area contributed by atoms with Gasteiger partial charge in [-0.25, -0.2) is 0 Å². The predicted molar refractivity (Wildman–Crippen MR) is 77.8 cm³/mol. The second-order valence-electron chi connectivity index (χ2n) is 4.24. The molecule has 0 aliphatic carbocycles. The average Bonchev–Trinajstić information content (AvgIpc) is 2.81. The van der Waals surface area contributed by atoms with Gasteiger partial charge in [0.1, 0.15) is 5.76 Å². The SMILES string of the molecule is Cc1ccoc1CSCCNCc1ccccc1. The number of rotatable bonds is 7. The summed E-state index contributed by atoms with van der Waals surface area (Å²) in [5.74, 6) is 3.17. The molecule has 2 aromatic rings. The number of aryl methyl sites for hydroxylation is 1. The van der Waals surface area contributed by atoms with Gasteiger partial charge in [0.05, 0.1) is 12.0 Å². The molecule has 1 N–H and O–H groups in total. The van der Waals surface area contributed by atoms with Crippen LogP contribution in [0.2, 0.25) is 0 Å². The molecule has 2 nitrogen and oxygen atoms in total. The molecule has 0 spiro atoms. The molecule has 0 saturated carbocycles. The highest BCUT2D eigenvalue weighted by Crippen LogP contribution is 2.16. The van der Waals surface area contributed by atoms with E-state index in [9.17, 15) is 0 Å². The molecular formula is C15H19NOS. The van der Waals surface area contributed by atoms with Gasteiger partial charge in [-0.3, -0.25) is 0 Å². The first-order valence-corrected chi connectivity index (χ1v) is 7.37. The van der Waals surface area contributed by atoms with E-state index in [0.717, 1.165) is 30.4 Å². The molecule has 2 rings (SSSR count). The van der Waals surface area contributed by atoms with Crippen molar-refractivity contribution in [3.8, 4) is 0 Å². The topological polar surface area (TPSA) is 25.2 Å². The van der Waals surface area contributed by atoms with E-state index in [0.29, 0.717) is 0 Å². The van der Waals surface area contributed by atoms with Gasteiger partial charge < -0.3 is 9.73 Å². The van der Waals surface area contributed by atoms with E-state index in [1.54, 1.807) is 6.26 Å². The molecule has 0 aliphatic rings. The van der Waals surface area contributed by atoms with Crippen molar-refractivity contribution < 1.29 is 4.42 Å². The van der Waals surface area contributed by atoms with E-state index in [1.807, 2.05) is 23.9 Å². The predicted octanol–water partition coefficient (Wildman–Crippen LogP) is 3.61. The Kier molecular flexibility index (Phi) is 5.36. The molecular weight excluding hydrogens is 242 g/mol. The van der Waals surface area contributed by atoms with E-state index in [-0.39, 0.29) is 0 Å². The van der Waals surface area contributed by atoms with Crippen LogP contribution >= 0.6 is 11.8 Å². The van der Waals surface area contributed by atoms with Crippen molar-refractivity contribution in [1.82, 2.24) is 5.32 Å². The van der Waals surface area contributed by atoms with Crippen LogP contribution in [0.25, 0.3) is 0 Å². The van der Waals surface area contributed by atoms with Crippen molar-refractivity contribution in [3.63, 3.8) is 0 Å². The van der Waals surface area contributed by atoms with Gasteiger partial charge in [0.25, 0.3) is 0 Å². The monoisotopic (exact) mass is 261 g/mol. The maximum Gasteiger partial charge on any atom is 0.116 e. The largest absolute Gasteiger partial charge is 0.468 e. The summed E-state index contributed by atoms with van der Waals surface area (Å²) in [7, 11) is 0. The van der Waals surface area contributed by atoms with Crippen LogP contribution in [0, 0.1) is 6.92 Å². The average molecular weight is 261 g/mol. The molecule has 0 atom stereocenters. The summed E-state index contributed by atoms with van der Waals surface area (Å²) in [6, 6.07) is 12.5. The van der Waals surface area contributed by atoms with Gasteiger partial charge in [-0.2, -0.15) is 11.8 Å². The minimum Gasteiger partial charge on any atom is -0.468 e. The molecule has 0 amide bonds. The lowest BCUT2D eigenvalue weighted by atomic mass is 10.2. The molecule has 0 saturated heterocycles. The van der Waals surface area contributed by atoms with E-state index < -0.39 is 0 Å². The highest BCUT2D eigenvalue weighted by Gasteiger charge is 2.01. The molecule has 0 aliphatic heterocycles. The maximum absolute atomic E-state index is 5.40. The zero-order valence-electron chi connectivity index (χ0n) is 10.7. The molecule has 0 bridgehead atoms. The van der Waals surface area contributed by atoms with Gasteiger partial charge in [0.2, 0.25) is 0 Å². The molecule has 0 radical (unpaired) electrons. The molecule has 1 aromatic heterocycles. The molecule has 0 unspecified atom stereocenters. The molecule has 96 valence electrons. The zero-order chi connectivity index (χ0) is 12.6. The van der Waals surface area contributed by atoms with E-state index in [4.69, 9.17) is 4.42 Å². The van der Waals surface area contributed by atoms with Gasteiger partial charge in [-0.15, -0.1) is 0 Å². The van der Waals surface area contributed by atoms with Gasteiger partial charge in [0.15, 0.2) is 0 Å². The van der Waals surface area contributed by atoms with Crippen molar-refractivity contribution in [1.29, 1.82) is 0 Å². The number of thioether (sulfide) groups is 1. The fourth-order valence-corrected chi connectivity index (χ4v) is 2.60. The highest BCUT2D eigenvalue weighted by molar-refractivity contribution is 7.98. The first-order chi connectivity index (χ1) is 8.86. The lowest BCUT2D eigenvalue weighted by Crippen LogP contribution is -2.16. The van der Waals surface area contributed by atoms with E-state index in [2.05, 4.69) is 36.5 Å². The summed E-state index contributed by atoms with van der Waals surface area (Å²) in [5, 5.41) is 3.44. The van der Waals surface area contributed by atoms with Crippen LogP contribution in [0.1, 0.15) is 16.9 Å². The van der Waals surface area contributed by atoms with Crippen molar-refractivity contribution in [3.05, 3.63) is 59.5 Å². The second kappa shape index (κ2) is 7.29. The van der Waals surface area contributed by atoms with E-state index >= 15 is 0 Å². The van der Waals surface area contributed by atoms with Crippen molar-refractivity contribution in [2.24, 2.45) is 0 Å². The Morgan fingerprint density at radius 3 is 2.72 bits per heavy atom. The van der Waals surface area contributed by atoms with Crippen LogP contribution in [-0.2, 0) is 12.3 Å². The Hall–Kier alpha value is -1.19. The Balaban J connectivity index is 1.56. The lowest BCUT2D eigenvalue weighted by molar-refractivity contribution is 0.528. The molecule has 0 fully saturated rings. The standard InChI is InChI=1S/C15H19NOS/c1-13-7-9-17-15(13)12-18-10-8-16-11-14-5-3-2-4-6-14/h2-7,9,16H,8,10-12H2,1H3. The van der Waals surface area contributed by atoms with Crippen LogP contribution in [-0.4, -0.2) is 12.3 Å². The summed E-state index contributed by atoms with van der Waals surface area (Å²) in [4.78, 5) is 0. The summed E-state index contributed by atoms with van der Waals surface area (Å²) in [6.45, 7) is 4.06. The Morgan fingerprint density at radius 2 is 2.00 bits per heavy atom. The third-order valence-corrected chi connectivity index (χ3v) is 3.76. The third kappa shape index (κ3) is 4.24. The molecule has 3 heteroatoms. The minimum absolute atomic E-state index is 0.946. The summed E-state index contributed by atoms with van der Waals surface area (Å²) >= 11 is 1.90. The number of benzene rings is 1. The fourth-order valence-electron chi connectivity index (χ4n) is 1.69. The van der Waals surface area contributed by atoms with Gasteiger partial charge in [-0.05, 0) is 24.1 Å². The minimum atomic E-state index is 0.946. The first-order valence-electron chi connectivity index (χ1n) is 6.21. The normalized spacial score (nSPS) is 10.7. The lowest BCUT2D eigenvalue weighted by Gasteiger charge is -2.04. The van der Waals surface area contributed by atoms with Gasteiger partial charge in [0, 0.05) is 18.8 Å². The number of furan rings is 1. The Morgan fingerprint density at radius 1 is 1.17 bits per heavy atom. The van der Waals surface area contributed by atoms with E-state index in [1.165, 1.54) is 11.1 Å².